The third-order valence-electron chi connectivity index (χ3n) is 4.49. The van der Waals surface area contributed by atoms with Gasteiger partial charge in [0.25, 0.3) is 0 Å². The number of rotatable bonds is 5. The number of benzene rings is 1. The number of hydrogen-bond donors (Lipinski definition) is 2. The zero-order valence-electron chi connectivity index (χ0n) is 13.6. The third kappa shape index (κ3) is 3.43. The summed E-state index contributed by atoms with van der Waals surface area (Å²) in [6.45, 7) is 0. The van der Waals surface area contributed by atoms with Crippen LogP contribution in [0.5, 0.6) is 0 Å². The Hall–Kier alpha value is -1.73. The van der Waals surface area contributed by atoms with Crippen LogP contribution in [0.2, 0.25) is 0 Å². The molecule has 1 fully saturated rings. The molecule has 0 radical (unpaired) electrons. The second-order valence-corrected chi connectivity index (χ2v) is 8.09. The van der Waals surface area contributed by atoms with Gasteiger partial charge in [-0.2, -0.15) is 0 Å². The second-order valence-electron chi connectivity index (χ2n) is 6.23. The zero-order chi connectivity index (χ0) is 19.2. The van der Waals surface area contributed by atoms with E-state index in [4.69, 9.17) is 4.52 Å². The van der Waals surface area contributed by atoms with Gasteiger partial charge in [-0.3, -0.25) is 0 Å². The molecule has 2 N–H and O–H groups in total. The summed E-state index contributed by atoms with van der Waals surface area (Å²) >= 11 is 5.15. The number of nitrogens with one attached hydrogen (secondary N) is 2. The van der Waals surface area contributed by atoms with E-state index in [1.54, 1.807) is 25.6 Å². The Kier molecular flexibility index (Phi) is 4.62. The number of halogens is 4. The molecule has 0 unspecified atom stereocenters. The van der Waals surface area contributed by atoms with E-state index in [-0.39, 0.29) is 24.4 Å². The van der Waals surface area contributed by atoms with Crippen molar-refractivity contribution in [3.05, 3.63) is 46.7 Å². The number of aromatic nitrogens is 2. The third-order valence-corrected chi connectivity index (χ3v) is 5.69. The number of hydrogen-bond acceptors (Lipinski definition) is 5. The fourth-order valence-electron chi connectivity index (χ4n) is 2.87. The molecule has 0 aliphatic heterocycles. The van der Waals surface area contributed by atoms with Gasteiger partial charge in [0.2, 0.25) is 0 Å². The molecule has 0 amide bonds. The summed E-state index contributed by atoms with van der Waals surface area (Å²) in [4.78, 5) is 4.38. The molecule has 1 aliphatic rings. The second kappa shape index (κ2) is 6.70. The Bertz CT molecular complexity index is 1030. The van der Waals surface area contributed by atoms with Gasteiger partial charge in [-0.25, -0.2) is 0 Å². The molecular formula is C17H12BrF3MoN4O. The monoisotopic (exact) mass is 522 g/mol. The van der Waals surface area contributed by atoms with Crippen molar-refractivity contribution in [3.8, 4) is 0 Å². The summed E-state index contributed by atoms with van der Waals surface area (Å²) in [7, 11) is 0. The van der Waals surface area contributed by atoms with Crippen LogP contribution in [0.3, 0.4) is 0 Å². The molecule has 0 bridgehead atoms. The molecule has 2 heterocycles. The fraction of sp³-hybridized carbons (Fsp3) is 0.235. The quantitative estimate of drug-likeness (QED) is 0.476. The van der Waals surface area contributed by atoms with Crippen molar-refractivity contribution >= 4 is 42.6 Å². The maximum absolute atomic E-state index is 13.2. The van der Waals surface area contributed by atoms with Crippen LogP contribution in [0.1, 0.15) is 18.5 Å². The molecule has 1 saturated carbocycles. The minimum atomic E-state index is -4.32. The van der Waals surface area contributed by atoms with E-state index in [9.17, 15) is 13.2 Å². The van der Waals surface area contributed by atoms with Crippen molar-refractivity contribution in [3.63, 3.8) is 0 Å². The van der Waals surface area contributed by atoms with Crippen LogP contribution < -0.4 is 10.6 Å². The molecule has 0 saturated heterocycles. The molecular weight excluding hydrogens is 509 g/mol. The normalized spacial score (nSPS) is 15.6. The first kappa shape index (κ1) is 18.6. The average Bonchev–Trinajstić information content (AvgIpc) is 3.32. The maximum atomic E-state index is 13.2. The van der Waals surface area contributed by atoms with Gasteiger partial charge >= 0.3 is 172 Å². The summed E-state index contributed by atoms with van der Waals surface area (Å²) < 4.78 is 46.1. The van der Waals surface area contributed by atoms with Crippen LogP contribution in [-0.4, -0.2) is 20.5 Å². The molecule has 3 aromatic rings. The molecule has 27 heavy (non-hydrogen) atoms. The molecule has 5 nitrogen and oxygen atoms in total. The molecule has 140 valence electrons. The number of alkyl halides is 3. The van der Waals surface area contributed by atoms with Crippen molar-refractivity contribution in [2.75, 3.05) is 10.6 Å². The van der Waals surface area contributed by atoms with Crippen LogP contribution in [0.15, 0.2) is 45.5 Å². The summed E-state index contributed by atoms with van der Waals surface area (Å²) in [6, 6.07) is 8.85. The minimum absolute atomic E-state index is 0.0423. The Morgan fingerprint density at radius 3 is 2.70 bits per heavy atom. The van der Waals surface area contributed by atoms with Gasteiger partial charge in [-0.15, -0.1) is 0 Å². The van der Waals surface area contributed by atoms with Crippen LogP contribution in [0.25, 0.3) is 10.9 Å². The van der Waals surface area contributed by atoms with Crippen LogP contribution in [0, 0.1) is 0 Å². The number of nitrogens with zero attached hydrogens (tertiary/aromatic N) is 2. The molecule has 10 heteroatoms. The van der Waals surface area contributed by atoms with Gasteiger partial charge in [0, 0.05) is 0 Å². The Morgan fingerprint density at radius 1 is 1.22 bits per heavy atom. The standard InChI is InChI=1S/C17H12BrF3N4O.Mo/c18-11-3-4-12(15-10(11)2-1-7-22-15)23-9-24-14-8-13(25-26-14)16(5-6-16)17(19,20)21;/h1-4,7-8,23-24H,5-6H2;. The van der Waals surface area contributed by atoms with E-state index in [1.807, 2.05) is 24.3 Å². The fourth-order valence-corrected chi connectivity index (χ4v) is 3.84. The van der Waals surface area contributed by atoms with Crippen LogP contribution in [-0.2, 0) is 24.8 Å². The van der Waals surface area contributed by atoms with E-state index in [2.05, 4.69) is 36.7 Å². The van der Waals surface area contributed by atoms with Gasteiger partial charge in [0.05, 0.1) is 0 Å². The van der Waals surface area contributed by atoms with Crippen molar-refractivity contribution in [2.24, 2.45) is 0 Å². The van der Waals surface area contributed by atoms with Crippen molar-refractivity contribution < 1.29 is 37.0 Å². The van der Waals surface area contributed by atoms with Crippen molar-refractivity contribution in [1.29, 1.82) is 0 Å². The van der Waals surface area contributed by atoms with Gasteiger partial charge in [-0.05, 0) is 0 Å². The number of anilines is 2. The van der Waals surface area contributed by atoms with Gasteiger partial charge < -0.3 is 0 Å². The zero-order valence-corrected chi connectivity index (χ0v) is 17.2. The predicted molar refractivity (Wildman–Crippen MR) is 95.2 cm³/mol. The first-order chi connectivity index (χ1) is 12.8. The van der Waals surface area contributed by atoms with Gasteiger partial charge in [-0.1, -0.05) is 0 Å². The Labute approximate surface area is 171 Å². The molecule has 1 aliphatic carbocycles. The molecule has 2 aromatic heterocycles. The van der Waals surface area contributed by atoms with Gasteiger partial charge in [0.15, 0.2) is 0 Å². The van der Waals surface area contributed by atoms with Gasteiger partial charge in [0.1, 0.15) is 0 Å². The average molecular weight is 521 g/mol. The Morgan fingerprint density at radius 2 is 2.00 bits per heavy atom. The molecule has 1 aromatic carbocycles. The van der Waals surface area contributed by atoms with Crippen LogP contribution in [0.4, 0.5) is 24.7 Å². The van der Waals surface area contributed by atoms with E-state index in [0.29, 0.717) is 4.15 Å². The summed E-state index contributed by atoms with van der Waals surface area (Å²) in [5.74, 6) is 0.155. The van der Waals surface area contributed by atoms with Crippen LogP contribution >= 0.6 is 15.9 Å². The van der Waals surface area contributed by atoms with Crippen molar-refractivity contribution in [2.45, 2.75) is 24.4 Å². The summed E-state index contributed by atoms with van der Waals surface area (Å²) in [5, 5.41) is 10.7. The summed E-state index contributed by atoms with van der Waals surface area (Å²) in [6.07, 6.45) is -2.54. The topological polar surface area (TPSA) is 63.0 Å². The number of fused-ring (bicyclic) bond motifs is 1. The van der Waals surface area contributed by atoms with Crippen molar-refractivity contribution in [1.82, 2.24) is 10.1 Å². The van der Waals surface area contributed by atoms with E-state index >= 15 is 0 Å². The molecule has 4 rings (SSSR count). The van der Waals surface area contributed by atoms with E-state index in [1.165, 1.54) is 6.07 Å². The van der Waals surface area contributed by atoms with E-state index < -0.39 is 11.6 Å². The molecule has 0 atom stereocenters. The Balaban J connectivity index is 1.51. The number of pyridine rings is 1. The van der Waals surface area contributed by atoms with E-state index in [0.717, 1.165) is 21.1 Å². The summed E-state index contributed by atoms with van der Waals surface area (Å²) in [5.41, 5.74) is -0.413. The molecule has 0 spiro atoms. The predicted octanol–water partition coefficient (Wildman–Crippen LogP) is 4.74. The first-order valence-electron chi connectivity index (χ1n) is 7.95. The SMILES string of the molecule is FC(F)(F)C1(c2cc(N[C](=[Mo])Nc3ccc(Br)c4cccnc34)on2)CC1. The first-order valence-corrected chi connectivity index (χ1v) is 9.75.